The monoisotopic (exact) mass is 346 g/mol. The summed E-state index contributed by atoms with van der Waals surface area (Å²) in [4.78, 5) is 16.8. The van der Waals surface area contributed by atoms with E-state index < -0.39 is 0 Å². The average molecular weight is 347 g/mol. The van der Waals surface area contributed by atoms with E-state index in [4.69, 9.17) is 11.6 Å². The number of carbonyl (C=O) groups is 1. The molecule has 0 aliphatic carbocycles. The molecule has 120 valence electrons. The van der Waals surface area contributed by atoms with E-state index in [1.54, 1.807) is 0 Å². The first kappa shape index (κ1) is 15.2. The number of nitrogens with zero attached hydrogens (tertiary/aromatic N) is 1. The average Bonchev–Trinajstić information content (AvgIpc) is 3.15. The van der Waals surface area contributed by atoms with Crippen LogP contribution in [0.2, 0.25) is 5.02 Å². The molecule has 1 aromatic carbocycles. The van der Waals surface area contributed by atoms with E-state index in [0.717, 1.165) is 39.2 Å². The van der Waals surface area contributed by atoms with Crippen LogP contribution in [0.15, 0.2) is 36.4 Å². The number of halogens is 1. The molecule has 2 aliphatic heterocycles. The first-order chi connectivity index (χ1) is 11.2. The summed E-state index contributed by atoms with van der Waals surface area (Å²) < 4.78 is 0. The van der Waals surface area contributed by atoms with Crippen LogP contribution >= 0.6 is 22.9 Å². The van der Waals surface area contributed by atoms with Crippen molar-refractivity contribution in [3.8, 4) is 10.4 Å². The van der Waals surface area contributed by atoms with Crippen molar-refractivity contribution in [2.75, 3.05) is 19.6 Å². The van der Waals surface area contributed by atoms with Crippen molar-refractivity contribution < 1.29 is 4.79 Å². The Morgan fingerprint density at radius 2 is 2.09 bits per heavy atom. The molecule has 2 fully saturated rings. The van der Waals surface area contributed by atoms with Crippen molar-refractivity contribution in [3.05, 3.63) is 46.3 Å². The Kier molecular flexibility index (Phi) is 4.14. The van der Waals surface area contributed by atoms with Gasteiger partial charge >= 0.3 is 0 Å². The van der Waals surface area contributed by atoms with Crippen molar-refractivity contribution >= 4 is 28.8 Å². The number of nitrogens with one attached hydrogen (secondary N) is 1. The molecular formula is C18H19ClN2OS. The molecule has 0 spiro atoms. The Bertz CT molecular complexity index is 717. The van der Waals surface area contributed by atoms with Crippen molar-refractivity contribution in [3.63, 3.8) is 0 Å². The van der Waals surface area contributed by atoms with Gasteiger partial charge in [-0.05, 0) is 43.5 Å². The third kappa shape index (κ3) is 3.16. The van der Waals surface area contributed by atoms with E-state index >= 15 is 0 Å². The van der Waals surface area contributed by atoms with Gasteiger partial charge in [0.25, 0.3) is 5.91 Å². The van der Waals surface area contributed by atoms with E-state index in [1.807, 2.05) is 36.4 Å². The van der Waals surface area contributed by atoms with Gasteiger partial charge < -0.3 is 10.2 Å². The number of amides is 1. The molecule has 3 heterocycles. The molecular weight excluding hydrogens is 328 g/mol. The highest BCUT2D eigenvalue weighted by atomic mass is 35.5. The van der Waals surface area contributed by atoms with Crippen LogP contribution in [0, 0.1) is 5.92 Å². The molecule has 1 N–H and O–H groups in total. The van der Waals surface area contributed by atoms with Crippen molar-refractivity contribution in [2.24, 2.45) is 5.92 Å². The Morgan fingerprint density at radius 3 is 2.91 bits per heavy atom. The lowest BCUT2D eigenvalue weighted by molar-refractivity contribution is 0.0913. The predicted molar refractivity (Wildman–Crippen MR) is 95.2 cm³/mol. The number of thiophene rings is 1. The second-order valence-corrected chi connectivity index (χ2v) is 7.96. The number of carbonyl (C=O) groups excluding carboxylic acids is 1. The fourth-order valence-electron chi connectivity index (χ4n) is 3.69. The van der Waals surface area contributed by atoms with Gasteiger partial charge in [0.05, 0.1) is 4.88 Å². The minimum Gasteiger partial charge on any atom is -0.347 e. The van der Waals surface area contributed by atoms with E-state index in [-0.39, 0.29) is 11.9 Å². The lowest BCUT2D eigenvalue weighted by Gasteiger charge is -2.30. The summed E-state index contributed by atoms with van der Waals surface area (Å²) in [5, 5.41) is 3.93. The third-order valence-corrected chi connectivity index (χ3v) is 6.22. The van der Waals surface area contributed by atoms with Crippen LogP contribution in [0.25, 0.3) is 10.4 Å². The van der Waals surface area contributed by atoms with Crippen LogP contribution in [-0.4, -0.2) is 36.5 Å². The van der Waals surface area contributed by atoms with Gasteiger partial charge in [0, 0.05) is 34.6 Å². The topological polar surface area (TPSA) is 32.3 Å². The van der Waals surface area contributed by atoms with Crippen LogP contribution in [0.4, 0.5) is 0 Å². The second kappa shape index (κ2) is 6.27. The van der Waals surface area contributed by atoms with E-state index in [1.165, 1.54) is 30.8 Å². The van der Waals surface area contributed by atoms with E-state index in [9.17, 15) is 4.79 Å². The quantitative estimate of drug-likeness (QED) is 0.914. The maximum Gasteiger partial charge on any atom is 0.261 e. The standard InChI is InChI=1S/C18H19ClN2OS/c19-15-4-2-1-3-14(15)16-5-6-17(23-16)18(22)20-13-9-12-7-8-21(10-12)11-13/h1-6,12-13H,7-11H2,(H,20,22)/t12-,13+/m0/s1. The number of benzene rings is 1. The zero-order valence-corrected chi connectivity index (χ0v) is 14.4. The molecule has 3 atom stereocenters. The zero-order valence-electron chi connectivity index (χ0n) is 12.8. The minimum absolute atomic E-state index is 0.0424. The zero-order chi connectivity index (χ0) is 15.8. The Hall–Kier alpha value is -1.36. The Labute approximate surface area is 145 Å². The fourth-order valence-corrected chi connectivity index (χ4v) is 4.93. The molecule has 2 aliphatic rings. The first-order valence-corrected chi connectivity index (χ1v) is 9.26. The van der Waals surface area contributed by atoms with Crippen molar-refractivity contribution in [2.45, 2.75) is 18.9 Å². The molecule has 23 heavy (non-hydrogen) atoms. The molecule has 0 saturated carbocycles. The lowest BCUT2D eigenvalue weighted by atomic mass is 9.97. The Balaban J connectivity index is 1.46. The maximum atomic E-state index is 12.5. The summed E-state index contributed by atoms with van der Waals surface area (Å²) in [5.74, 6) is 0.803. The molecule has 5 heteroatoms. The highest BCUT2D eigenvalue weighted by Gasteiger charge is 2.33. The van der Waals surface area contributed by atoms with Gasteiger partial charge in [-0.2, -0.15) is 0 Å². The number of hydrogen-bond acceptors (Lipinski definition) is 3. The number of hydrogen-bond donors (Lipinski definition) is 1. The molecule has 1 amide bonds. The molecule has 0 radical (unpaired) electrons. The summed E-state index contributed by atoms with van der Waals surface area (Å²) in [5.41, 5.74) is 0.986. The van der Waals surface area contributed by atoms with Crippen LogP contribution in [0.5, 0.6) is 0 Å². The summed E-state index contributed by atoms with van der Waals surface area (Å²) in [6, 6.07) is 11.9. The summed E-state index contributed by atoms with van der Waals surface area (Å²) in [7, 11) is 0. The fraction of sp³-hybridized carbons (Fsp3) is 0.389. The maximum absolute atomic E-state index is 12.5. The van der Waals surface area contributed by atoms with E-state index in [0.29, 0.717) is 0 Å². The normalized spacial score (nSPS) is 26.2. The van der Waals surface area contributed by atoms with Gasteiger partial charge in [0.15, 0.2) is 0 Å². The molecule has 3 nitrogen and oxygen atoms in total. The van der Waals surface area contributed by atoms with Crippen molar-refractivity contribution in [1.82, 2.24) is 10.2 Å². The summed E-state index contributed by atoms with van der Waals surface area (Å²) in [6.07, 6.45) is 2.40. The van der Waals surface area contributed by atoms with Gasteiger partial charge in [0.2, 0.25) is 0 Å². The lowest BCUT2D eigenvalue weighted by Crippen LogP contribution is -2.46. The van der Waals surface area contributed by atoms with Crippen LogP contribution in [0.3, 0.4) is 0 Å². The van der Waals surface area contributed by atoms with Crippen LogP contribution in [-0.2, 0) is 0 Å². The molecule has 4 rings (SSSR count). The molecule has 2 saturated heterocycles. The van der Waals surface area contributed by atoms with Gasteiger partial charge in [-0.25, -0.2) is 0 Å². The number of fused-ring (bicyclic) bond motifs is 2. The summed E-state index contributed by atoms with van der Waals surface area (Å²) in [6.45, 7) is 3.39. The molecule has 1 unspecified atom stereocenters. The Morgan fingerprint density at radius 1 is 1.22 bits per heavy atom. The van der Waals surface area contributed by atoms with Crippen LogP contribution < -0.4 is 5.32 Å². The molecule has 1 aromatic heterocycles. The molecule has 2 aromatic rings. The first-order valence-electron chi connectivity index (χ1n) is 8.07. The number of piperidine rings is 1. The van der Waals surface area contributed by atoms with Crippen LogP contribution in [0.1, 0.15) is 22.5 Å². The minimum atomic E-state index is 0.0424. The van der Waals surface area contributed by atoms with Crippen molar-refractivity contribution in [1.29, 1.82) is 0 Å². The smallest absolute Gasteiger partial charge is 0.261 e. The molecule has 2 bridgehead atoms. The third-order valence-electron chi connectivity index (χ3n) is 4.77. The second-order valence-electron chi connectivity index (χ2n) is 6.46. The van der Waals surface area contributed by atoms with Gasteiger partial charge in [-0.1, -0.05) is 29.8 Å². The SMILES string of the molecule is O=C(N[C@@H]1C[C@@H]2CCN(C2)C1)c1ccc(-c2ccccc2Cl)s1. The van der Waals surface area contributed by atoms with E-state index in [2.05, 4.69) is 10.2 Å². The highest BCUT2D eigenvalue weighted by molar-refractivity contribution is 7.17. The number of rotatable bonds is 3. The van der Waals surface area contributed by atoms with Gasteiger partial charge in [-0.3, -0.25) is 4.79 Å². The van der Waals surface area contributed by atoms with Gasteiger partial charge in [0.1, 0.15) is 0 Å². The summed E-state index contributed by atoms with van der Waals surface area (Å²) >= 11 is 7.75. The highest BCUT2D eigenvalue weighted by Crippen LogP contribution is 2.33. The predicted octanol–water partition coefficient (Wildman–Crippen LogP) is 3.89. The van der Waals surface area contributed by atoms with Gasteiger partial charge in [-0.15, -0.1) is 11.3 Å². The largest absolute Gasteiger partial charge is 0.347 e.